The summed E-state index contributed by atoms with van der Waals surface area (Å²) in [5.41, 5.74) is 8.01. The maximum Gasteiger partial charge on any atom is 0.146 e. The van der Waals surface area contributed by atoms with Gasteiger partial charge in [0.15, 0.2) is 0 Å². The molecule has 0 radical (unpaired) electrons. The Morgan fingerprint density at radius 2 is 1.12 bits per heavy atom. The number of hydrogen-bond donors (Lipinski definition) is 0. The second-order valence-corrected chi connectivity index (χ2v) is 11.8. The van der Waals surface area contributed by atoms with Crippen molar-refractivity contribution < 1.29 is 0 Å². The molecule has 4 aromatic heterocycles. The van der Waals surface area contributed by atoms with E-state index in [2.05, 4.69) is 136 Å². The van der Waals surface area contributed by atoms with Crippen LogP contribution in [0.15, 0.2) is 127 Å². The van der Waals surface area contributed by atoms with Crippen LogP contribution in [0.5, 0.6) is 0 Å². The Morgan fingerprint density at radius 3 is 2.02 bits per heavy atom. The number of imidazole rings is 1. The van der Waals surface area contributed by atoms with Gasteiger partial charge in [0.2, 0.25) is 0 Å². The molecular formula is C37H21N3S. The lowest BCUT2D eigenvalue weighted by atomic mass is 10.0. The highest BCUT2D eigenvalue weighted by Gasteiger charge is 2.21. The van der Waals surface area contributed by atoms with Gasteiger partial charge in [0.1, 0.15) is 5.65 Å². The average Bonchev–Trinajstić information content (AvgIpc) is 3.71. The molecule has 10 rings (SSSR count). The summed E-state index contributed by atoms with van der Waals surface area (Å²) >= 11 is 1.88. The number of aromatic nitrogens is 3. The maximum absolute atomic E-state index is 5.10. The summed E-state index contributed by atoms with van der Waals surface area (Å²) in [7, 11) is 0. The standard InChI is InChI=1S/C37H21N3S/c1-2-12-25-23(11-1)34-31(40-29-17-7-5-15-27(29)38-37(25)40)21-20-30-35(34)26-13-3-6-16-28(26)39(30)32-18-9-14-24-22-10-4-8-19-33(22)41-36(24)32/h1-21H. The van der Waals surface area contributed by atoms with Crippen molar-refractivity contribution in [2.45, 2.75) is 0 Å². The predicted octanol–water partition coefficient (Wildman–Crippen LogP) is 10.3. The number of fused-ring (bicyclic) bond motifs is 15. The zero-order valence-corrected chi connectivity index (χ0v) is 22.7. The molecule has 0 amide bonds. The van der Waals surface area contributed by atoms with Crippen molar-refractivity contribution in [2.75, 3.05) is 0 Å². The van der Waals surface area contributed by atoms with Gasteiger partial charge in [-0.1, -0.05) is 84.9 Å². The lowest BCUT2D eigenvalue weighted by molar-refractivity contribution is 1.20. The Kier molecular flexibility index (Phi) is 4.07. The molecule has 0 saturated heterocycles. The van der Waals surface area contributed by atoms with Crippen molar-refractivity contribution in [3.63, 3.8) is 0 Å². The van der Waals surface area contributed by atoms with Gasteiger partial charge in [-0.3, -0.25) is 4.40 Å². The van der Waals surface area contributed by atoms with E-state index in [4.69, 9.17) is 4.98 Å². The number of rotatable bonds is 1. The fourth-order valence-electron chi connectivity index (χ4n) is 7.02. The van der Waals surface area contributed by atoms with Crippen molar-refractivity contribution in [1.82, 2.24) is 14.0 Å². The molecular weight excluding hydrogens is 518 g/mol. The Bertz CT molecular complexity index is 2700. The topological polar surface area (TPSA) is 22.2 Å². The number of pyridine rings is 1. The summed E-state index contributed by atoms with van der Waals surface area (Å²) in [6.45, 7) is 0. The number of para-hydroxylation sites is 3. The first kappa shape index (κ1) is 21.6. The lowest BCUT2D eigenvalue weighted by Crippen LogP contribution is -1.95. The Labute approximate surface area is 238 Å². The molecule has 4 heteroatoms. The molecule has 0 aliphatic rings. The Morgan fingerprint density at radius 1 is 0.463 bits per heavy atom. The molecule has 4 heterocycles. The molecule has 0 spiro atoms. The summed E-state index contributed by atoms with van der Waals surface area (Å²) in [6.07, 6.45) is 0. The van der Waals surface area contributed by atoms with Crippen molar-refractivity contribution in [2.24, 2.45) is 0 Å². The smallest absolute Gasteiger partial charge is 0.146 e. The van der Waals surface area contributed by atoms with Crippen LogP contribution in [0.25, 0.3) is 86.0 Å². The van der Waals surface area contributed by atoms with E-state index >= 15 is 0 Å². The number of nitrogens with zero attached hydrogens (tertiary/aromatic N) is 3. The maximum atomic E-state index is 5.10. The first-order valence-corrected chi connectivity index (χ1v) is 14.7. The highest BCUT2D eigenvalue weighted by Crippen LogP contribution is 2.44. The second-order valence-electron chi connectivity index (χ2n) is 10.8. The molecule has 6 aromatic carbocycles. The molecule has 0 atom stereocenters. The van der Waals surface area contributed by atoms with Crippen LogP contribution in [0.1, 0.15) is 0 Å². The minimum absolute atomic E-state index is 1.01. The van der Waals surface area contributed by atoms with Crippen molar-refractivity contribution >= 4 is 91.7 Å². The molecule has 0 aliphatic heterocycles. The van der Waals surface area contributed by atoms with Gasteiger partial charge in [0.05, 0.1) is 38.0 Å². The highest BCUT2D eigenvalue weighted by atomic mass is 32.1. The third-order valence-electron chi connectivity index (χ3n) is 8.68. The Hall–Kier alpha value is -5.19. The molecule has 3 nitrogen and oxygen atoms in total. The number of thiophene rings is 1. The molecule has 0 bridgehead atoms. The normalized spacial score (nSPS) is 12.4. The van der Waals surface area contributed by atoms with E-state index < -0.39 is 0 Å². The second kappa shape index (κ2) is 7.72. The molecule has 0 fully saturated rings. The van der Waals surface area contributed by atoms with Gasteiger partial charge in [-0.2, -0.15) is 0 Å². The monoisotopic (exact) mass is 539 g/mol. The van der Waals surface area contributed by atoms with Crippen molar-refractivity contribution in [1.29, 1.82) is 0 Å². The third kappa shape index (κ3) is 2.70. The molecule has 0 saturated carbocycles. The van der Waals surface area contributed by atoms with Crippen LogP contribution < -0.4 is 0 Å². The van der Waals surface area contributed by atoms with E-state index in [9.17, 15) is 0 Å². The summed E-state index contributed by atoms with van der Waals surface area (Å²) in [5, 5.41) is 8.86. The van der Waals surface area contributed by atoms with Crippen LogP contribution >= 0.6 is 11.3 Å². The van der Waals surface area contributed by atoms with E-state index in [1.807, 2.05) is 11.3 Å². The summed E-state index contributed by atoms with van der Waals surface area (Å²) in [4.78, 5) is 5.10. The number of benzene rings is 6. The van der Waals surface area contributed by atoms with Crippen LogP contribution in [0, 0.1) is 0 Å². The van der Waals surface area contributed by atoms with Crippen molar-refractivity contribution in [3.8, 4) is 5.69 Å². The summed E-state index contributed by atoms with van der Waals surface area (Å²) in [6, 6.07) is 46.2. The summed E-state index contributed by atoms with van der Waals surface area (Å²) < 4.78 is 7.47. The summed E-state index contributed by atoms with van der Waals surface area (Å²) in [5.74, 6) is 0. The lowest BCUT2D eigenvalue weighted by Gasteiger charge is -2.12. The van der Waals surface area contributed by atoms with Gasteiger partial charge in [-0.25, -0.2) is 4.98 Å². The van der Waals surface area contributed by atoms with E-state index in [1.54, 1.807) is 0 Å². The van der Waals surface area contributed by atoms with Crippen LogP contribution in [0.3, 0.4) is 0 Å². The molecule has 10 aromatic rings. The Balaban J connectivity index is 1.46. The minimum atomic E-state index is 1.01. The minimum Gasteiger partial charge on any atom is -0.308 e. The van der Waals surface area contributed by atoms with E-state index in [0.717, 1.165) is 16.7 Å². The quantitative estimate of drug-likeness (QED) is 0.190. The largest absolute Gasteiger partial charge is 0.308 e. The molecule has 0 N–H and O–H groups in total. The van der Waals surface area contributed by atoms with Gasteiger partial charge in [0.25, 0.3) is 0 Å². The SMILES string of the molecule is c1ccc2c(c1)nc1c3ccccc3c3c4c5ccccc5n(-c5cccc6c5sc5ccccc56)c4ccc3n21. The fraction of sp³-hybridized carbons (Fsp3) is 0. The fourth-order valence-corrected chi connectivity index (χ4v) is 8.23. The first-order valence-electron chi connectivity index (χ1n) is 13.9. The molecule has 0 unspecified atom stereocenters. The molecule has 41 heavy (non-hydrogen) atoms. The van der Waals surface area contributed by atoms with Gasteiger partial charge in [-0.15, -0.1) is 11.3 Å². The van der Waals surface area contributed by atoms with Crippen molar-refractivity contribution in [3.05, 3.63) is 127 Å². The van der Waals surface area contributed by atoms with Gasteiger partial charge >= 0.3 is 0 Å². The van der Waals surface area contributed by atoms with Gasteiger partial charge in [-0.05, 0) is 47.9 Å². The predicted molar refractivity (Wildman–Crippen MR) is 175 cm³/mol. The zero-order valence-electron chi connectivity index (χ0n) is 21.9. The van der Waals surface area contributed by atoms with E-state index in [-0.39, 0.29) is 0 Å². The average molecular weight is 540 g/mol. The molecule has 190 valence electrons. The van der Waals surface area contributed by atoms with Crippen LogP contribution in [0.2, 0.25) is 0 Å². The van der Waals surface area contributed by atoms with E-state index in [0.29, 0.717) is 0 Å². The third-order valence-corrected chi connectivity index (χ3v) is 9.89. The van der Waals surface area contributed by atoms with Crippen LogP contribution in [-0.4, -0.2) is 14.0 Å². The first-order chi connectivity index (χ1) is 20.4. The van der Waals surface area contributed by atoms with Gasteiger partial charge < -0.3 is 4.57 Å². The molecule has 0 aliphatic carbocycles. The van der Waals surface area contributed by atoms with E-state index in [1.165, 1.54) is 69.3 Å². The van der Waals surface area contributed by atoms with Crippen LogP contribution in [-0.2, 0) is 0 Å². The zero-order chi connectivity index (χ0) is 26.7. The van der Waals surface area contributed by atoms with Gasteiger partial charge in [0, 0.05) is 37.0 Å². The van der Waals surface area contributed by atoms with Crippen LogP contribution in [0.4, 0.5) is 0 Å². The highest BCUT2D eigenvalue weighted by molar-refractivity contribution is 7.26. The number of hydrogen-bond acceptors (Lipinski definition) is 2.